The fraction of sp³-hybridized carbons (Fsp3) is 0.429. The molecule has 4 nitrogen and oxygen atoms in total. The molecule has 0 radical (unpaired) electrons. The van der Waals surface area contributed by atoms with E-state index in [-0.39, 0.29) is 5.78 Å². The Bertz CT molecular complexity index is 592. The smallest absolute Gasteiger partial charge is 0.195 e. The molecule has 2 aromatic rings. The van der Waals surface area contributed by atoms with Crippen LogP contribution in [0.2, 0.25) is 5.02 Å². The Kier molecular flexibility index (Phi) is 4.56. The van der Waals surface area contributed by atoms with Crippen molar-refractivity contribution in [3.05, 3.63) is 29.0 Å². The monoisotopic (exact) mass is 280 g/mol. The number of ether oxygens (including phenoxy) is 1. The zero-order valence-corrected chi connectivity index (χ0v) is 11.9. The first-order chi connectivity index (χ1) is 9.13. The summed E-state index contributed by atoms with van der Waals surface area (Å²) in [5, 5.41) is 0.647. The van der Waals surface area contributed by atoms with Gasteiger partial charge in [0.1, 0.15) is 0 Å². The van der Waals surface area contributed by atoms with Crippen LogP contribution in [0.25, 0.3) is 11.0 Å². The van der Waals surface area contributed by atoms with Crippen molar-refractivity contribution in [1.29, 1.82) is 0 Å². The first-order valence-corrected chi connectivity index (χ1v) is 6.75. The summed E-state index contributed by atoms with van der Waals surface area (Å²) in [6.07, 6.45) is 0.839. The fourth-order valence-electron chi connectivity index (χ4n) is 2.06. The summed E-state index contributed by atoms with van der Waals surface area (Å²) in [6, 6.07) is 5.46. The molecule has 0 unspecified atom stereocenters. The number of carbonyl (C=O) groups excluding carboxylic acids is 1. The Labute approximate surface area is 117 Å². The zero-order valence-electron chi connectivity index (χ0n) is 11.1. The summed E-state index contributed by atoms with van der Waals surface area (Å²) in [7, 11) is 0. The van der Waals surface area contributed by atoms with E-state index >= 15 is 0 Å². The lowest BCUT2D eigenvalue weighted by molar-refractivity contribution is 0.0997. The molecule has 102 valence electrons. The lowest BCUT2D eigenvalue weighted by Crippen LogP contribution is -2.09. The van der Waals surface area contributed by atoms with E-state index in [2.05, 4.69) is 4.98 Å². The van der Waals surface area contributed by atoms with Crippen molar-refractivity contribution in [3.8, 4) is 0 Å². The minimum Gasteiger partial charge on any atom is -0.382 e. The van der Waals surface area contributed by atoms with Gasteiger partial charge >= 0.3 is 0 Å². The second-order valence-corrected chi connectivity index (χ2v) is 4.76. The molecule has 0 atom stereocenters. The molecule has 1 aromatic carbocycles. The van der Waals surface area contributed by atoms with Crippen LogP contribution < -0.4 is 0 Å². The van der Waals surface area contributed by atoms with Crippen molar-refractivity contribution in [2.24, 2.45) is 0 Å². The van der Waals surface area contributed by atoms with Crippen LogP contribution in [0.1, 0.15) is 30.9 Å². The third-order valence-corrected chi connectivity index (χ3v) is 3.13. The standard InChI is InChI=1S/C14H17ClN2O2/c1-3-19-8-4-7-17-13-9-11(15)5-6-12(13)16-14(17)10(2)18/h5-6,9H,3-4,7-8H2,1-2H3. The molecule has 0 N–H and O–H groups in total. The molecule has 0 saturated carbocycles. The fourth-order valence-corrected chi connectivity index (χ4v) is 2.23. The summed E-state index contributed by atoms with van der Waals surface area (Å²) in [6.45, 7) is 5.57. The maximum atomic E-state index is 11.7. The number of fused-ring (bicyclic) bond motifs is 1. The number of hydrogen-bond donors (Lipinski definition) is 0. The molecule has 0 aliphatic rings. The highest BCUT2D eigenvalue weighted by atomic mass is 35.5. The Morgan fingerprint density at radius 3 is 2.95 bits per heavy atom. The SMILES string of the molecule is CCOCCCn1c(C(C)=O)nc2ccc(Cl)cc21. The molecule has 0 aliphatic heterocycles. The molecular formula is C14H17ClN2O2. The topological polar surface area (TPSA) is 44.1 Å². The van der Waals surface area contributed by atoms with Crippen molar-refractivity contribution in [2.75, 3.05) is 13.2 Å². The molecule has 0 spiro atoms. The lowest BCUT2D eigenvalue weighted by Gasteiger charge is -2.07. The average molecular weight is 281 g/mol. The third-order valence-electron chi connectivity index (χ3n) is 2.90. The van der Waals surface area contributed by atoms with Gasteiger partial charge in [0.25, 0.3) is 0 Å². The van der Waals surface area contributed by atoms with Gasteiger partial charge in [0, 0.05) is 31.7 Å². The Morgan fingerprint density at radius 2 is 2.26 bits per heavy atom. The van der Waals surface area contributed by atoms with Crippen LogP contribution in [0.15, 0.2) is 18.2 Å². The molecule has 0 amide bonds. The number of imidazole rings is 1. The Balaban J connectivity index is 2.34. The van der Waals surface area contributed by atoms with E-state index in [9.17, 15) is 4.79 Å². The molecule has 0 bridgehead atoms. The predicted molar refractivity (Wildman–Crippen MR) is 75.9 cm³/mol. The summed E-state index contributed by atoms with van der Waals surface area (Å²) < 4.78 is 7.24. The minimum atomic E-state index is -0.0382. The first kappa shape index (κ1) is 14.0. The summed E-state index contributed by atoms with van der Waals surface area (Å²) in [5.41, 5.74) is 1.69. The quantitative estimate of drug-likeness (QED) is 0.602. The van der Waals surface area contributed by atoms with Gasteiger partial charge in [0.2, 0.25) is 0 Å². The van der Waals surface area contributed by atoms with Gasteiger partial charge in [-0.15, -0.1) is 0 Å². The number of halogens is 1. The van der Waals surface area contributed by atoms with E-state index in [0.29, 0.717) is 30.6 Å². The van der Waals surface area contributed by atoms with Crippen LogP contribution in [0.4, 0.5) is 0 Å². The normalized spacial score (nSPS) is 11.1. The Morgan fingerprint density at radius 1 is 1.47 bits per heavy atom. The highest BCUT2D eigenvalue weighted by Crippen LogP contribution is 2.21. The second-order valence-electron chi connectivity index (χ2n) is 4.33. The number of Topliss-reactive ketones (excluding diaryl/α,β-unsaturated/α-hetero) is 1. The number of hydrogen-bond acceptors (Lipinski definition) is 3. The largest absolute Gasteiger partial charge is 0.382 e. The lowest BCUT2D eigenvalue weighted by atomic mass is 10.3. The Hall–Kier alpha value is -1.39. The van der Waals surface area contributed by atoms with Crippen molar-refractivity contribution < 1.29 is 9.53 Å². The zero-order chi connectivity index (χ0) is 13.8. The van der Waals surface area contributed by atoms with Gasteiger partial charge < -0.3 is 9.30 Å². The molecule has 5 heteroatoms. The highest BCUT2D eigenvalue weighted by Gasteiger charge is 2.14. The molecule has 1 heterocycles. The molecule has 0 fully saturated rings. The average Bonchev–Trinajstić information content (AvgIpc) is 2.73. The molecule has 0 aliphatic carbocycles. The number of carbonyl (C=O) groups is 1. The van der Waals surface area contributed by atoms with Crippen LogP contribution in [-0.4, -0.2) is 28.5 Å². The maximum Gasteiger partial charge on any atom is 0.195 e. The number of aryl methyl sites for hydroxylation is 1. The molecular weight excluding hydrogens is 264 g/mol. The van der Waals surface area contributed by atoms with E-state index in [1.54, 1.807) is 6.07 Å². The minimum absolute atomic E-state index is 0.0382. The third kappa shape index (κ3) is 3.14. The van der Waals surface area contributed by atoms with E-state index in [1.165, 1.54) is 6.92 Å². The summed E-state index contributed by atoms with van der Waals surface area (Å²) in [5.74, 6) is 0.442. The summed E-state index contributed by atoms with van der Waals surface area (Å²) >= 11 is 6.01. The van der Waals surface area contributed by atoms with Crippen molar-refractivity contribution >= 4 is 28.4 Å². The van der Waals surface area contributed by atoms with E-state index in [0.717, 1.165) is 17.5 Å². The van der Waals surface area contributed by atoms with E-state index in [4.69, 9.17) is 16.3 Å². The van der Waals surface area contributed by atoms with E-state index < -0.39 is 0 Å². The number of aromatic nitrogens is 2. The number of benzene rings is 1. The van der Waals surface area contributed by atoms with Crippen molar-refractivity contribution in [3.63, 3.8) is 0 Å². The highest BCUT2D eigenvalue weighted by molar-refractivity contribution is 6.31. The first-order valence-electron chi connectivity index (χ1n) is 6.38. The van der Waals surface area contributed by atoms with Gasteiger partial charge in [0.15, 0.2) is 11.6 Å². The van der Waals surface area contributed by atoms with Gasteiger partial charge in [-0.1, -0.05) is 11.6 Å². The second kappa shape index (κ2) is 6.17. The number of ketones is 1. The van der Waals surface area contributed by atoms with Crippen LogP contribution in [0.5, 0.6) is 0 Å². The van der Waals surface area contributed by atoms with Crippen LogP contribution >= 0.6 is 11.6 Å². The molecule has 1 aromatic heterocycles. The van der Waals surface area contributed by atoms with Gasteiger partial charge in [-0.3, -0.25) is 4.79 Å². The summed E-state index contributed by atoms with van der Waals surface area (Å²) in [4.78, 5) is 16.0. The van der Waals surface area contributed by atoms with Crippen LogP contribution in [0.3, 0.4) is 0 Å². The van der Waals surface area contributed by atoms with Crippen LogP contribution in [-0.2, 0) is 11.3 Å². The molecule has 19 heavy (non-hydrogen) atoms. The van der Waals surface area contributed by atoms with Crippen LogP contribution in [0, 0.1) is 0 Å². The number of nitrogens with zero attached hydrogens (tertiary/aromatic N) is 2. The molecule has 2 rings (SSSR count). The van der Waals surface area contributed by atoms with Gasteiger partial charge in [-0.25, -0.2) is 4.98 Å². The van der Waals surface area contributed by atoms with Gasteiger partial charge in [-0.05, 0) is 31.5 Å². The maximum absolute atomic E-state index is 11.7. The van der Waals surface area contributed by atoms with Crippen molar-refractivity contribution in [1.82, 2.24) is 9.55 Å². The predicted octanol–water partition coefficient (Wildman–Crippen LogP) is 3.32. The van der Waals surface area contributed by atoms with Crippen molar-refractivity contribution in [2.45, 2.75) is 26.8 Å². The van der Waals surface area contributed by atoms with E-state index in [1.807, 2.05) is 23.6 Å². The number of rotatable bonds is 6. The molecule has 0 saturated heterocycles. The van der Waals surface area contributed by atoms with Gasteiger partial charge in [-0.2, -0.15) is 0 Å². The van der Waals surface area contributed by atoms with Gasteiger partial charge in [0.05, 0.1) is 11.0 Å².